The molecule has 2 fully saturated rings. The van der Waals surface area contributed by atoms with E-state index in [1.807, 2.05) is 6.92 Å². The minimum atomic E-state index is -0.120. The van der Waals surface area contributed by atoms with Gasteiger partial charge < -0.3 is 9.16 Å². The Morgan fingerprint density at radius 2 is 1.52 bits per heavy atom. The summed E-state index contributed by atoms with van der Waals surface area (Å²) in [6, 6.07) is 6.76. The van der Waals surface area contributed by atoms with Gasteiger partial charge in [0.15, 0.2) is 16.8 Å². The Morgan fingerprint density at radius 3 is 2.13 bits per heavy atom. The first-order valence-corrected chi connectivity index (χ1v) is 10.4. The van der Waals surface area contributed by atoms with Crippen molar-refractivity contribution in [2.75, 3.05) is 0 Å². The molecule has 0 amide bonds. The maximum Gasteiger partial charge on any atom is 0.187 e. The maximum absolute atomic E-state index is 6.19. The van der Waals surface area contributed by atoms with E-state index in [9.17, 15) is 0 Å². The molecule has 3 heteroatoms. The molecule has 0 saturated heterocycles. The van der Waals surface area contributed by atoms with Crippen LogP contribution in [0.25, 0.3) is 0 Å². The van der Waals surface area contributed by atoms with Gasteiger partial charge in [0.1, 0.15) is 5.75 Å². The molecule has 0 N–H and O–H groups in total. The summed E-state index contributed by atoms with van der Waals surface area (Å²) in [5.41, 5.74) is 3.12. The second kappa shape index (κ2) is 8.34. The fraction of sp³-hybridized carbons (Fsp3) is 0.700. The highest BCUT2D eigenvalue weighted by molar-refractivity contribution is 5.98. The minimum absolute atomic E-state index is 0.120. The van der Waals surface area contributed by atoms with Crippen LogP contribution < -0.4 is 4.74 Å². The Morgan fingerprint density at radius 1 is 0.913 bits per heavy atom. The van der Waals surface area contributed by atoms with E-state index < -0.39 is 0 Å². The molecule has 128 valence electrons. The Labute approximate surface area is 144 Å². The summed E-state index contributed by atoms with van der Waals surface area (Å²) >= 11 is 0. The minimum Gasteiger partial charge on any atom is -0.466 e. The van der Waals surface area contributed by atoms with Gasteiger partial charge in [0.05, 0.1) is 0 Å². The molecule has 0 heterocycles. The third-order valence-corrected chi connectivity index (χ3v) is 6.45. The summed E-state index contributed by atoms with van der Waals surface area (Å²) in [5, 5.41) is 0. The first-order chi connectivity index (χ1) is 11.3. The molecule has 2 saturated carbocycles. The normalized spacial score (nSPS) is 22.1. The zero-order valence-corrected chi connectivity index (χ0v) is 16.9. The van der Waals surface area contributed by atoms with Gasteiger partial charge in [-0.05, 0) is 56.1 Å². The van der Waals surface area contributed by atoms with Crippen molar-refractivity contribution < 1.29 is 9.16 Å². The molecule has 0 aromatic heterocycles. The summed E-state index contributed by atoms with van der Waals surface area (Å²) < 4.78 is 11.7. The SMILES string of the molecule is CC(O[SiH3])Oc1cccc(C2CCCCC2)c1C1CCCCC1. The summed E-state index contributed by atoms with van der Waals surface area (Å²) in [4.78, 5) is 0. The molecule has 3 rings (SSSR count). The van der Waals surface area contributed by atoms with Crippen LogP contribution in [-0.4, -0.2) is 16.8 Å². The Bertz CT molecular complexity index is 490. The molecular weight excluding hydrogens is 300 g/mol. The molecule has 2 aliphatic carbocycles. The molecule has 0 radical (unpaired) electrons. The van der Waals surface area contributed by atoms with Gasteiger partial charge in [0.2, 0.25) is 0 Å². The Balaban J connectivity index is 1.94. The van der Waals surface area contributed by atoms with Crippen LogP contribution in [0.4, 0.5) is 0 Å². The standard InChI is InChI=1S/C20H32O2Si/c1-15(22-23)21-19-14-8-13-18(16-9-4-2-5-10-16)20(19)17-11-6-3-7-12-17/h8,13-17H,2-7,9-12H2,1,23H3. The van der Waals surface area contributed by atoms with Gasteiger partial charge in [-0.25, -0.2) is 0 Å². The molecule has 1 aromatic rings. The van der Waals surface area contributed by atoms with Gasteiger partial charge in [-0.1, -0.05) is 50.7 Å². The topological polar surface area (TPSA) is 18.5 Å². The fourth-order valence-corrected chi connectivity index (χ4v) is 4.58. The van der Waals surface area contributed by atoms with Crippen molar-refractivity contribution in [2.45, 2.75) is 89.3 Å². The van der Waals surface area contributed by atoms with E-state index in [4.69, 9.17) is 9.16 Å². The zero-order valence-electron chi connectivity index (χ0n) is 14.9. The maximum atomic E-state index is 6.19. The predicted molar refractivity (Wildman–Crippen MR) is 99.2 cm³/mol. The monoisotopic (exact) mass is 332 g/mol. The van der Waals surface area contributed by atoms with Crippen LogP contribution in [0.5, 0.6) is 5.75 Å². The average molecular weight is 333 g/mol. The van der Waals surface area contributed by atoms with E-state index in [0.29, 0.717) is 5.92 Å². The smallest absolute Gasteiger partial charge is 0.187 e. The third-order valence-electron chi connectivity index (χ3n) is 5.78. The van der Waals surface area contributed by atoms with Crippen molar-refractivity contribution in [1.82, 2.24) is 0 Å². The zero-order chi connectivity index (χ0) is 16.1. The fourth-order valence-electron chi connectivity index (χ4n) is 4.49. The van der Waals surface area contributed by atoms with E-state index >= 15 is 0 Å². The first kappa shape index (κ1) is 17.0. The van der Waals surface area contributed by atoms with Gasteiger partial charge in [0, 0.05) is 5.56 Å². The van der Waals surface area contributed by atoms with Crippen LogP contribution >= 0.6 is 0 Å². The van der Waals surface area contributed by atoms with E-state index in [0.717, 1.165) is 22.2 Å². The number of rotatable bonds is 5. The molecule has 1 aromatic carbocycles. The molecule has 23 heavy (non-hydrogen) atoms. The van der Waals surface area contributed by atoms with Gasteiger partial charge in [0.25, 0.3) is 0 Å². The summed E-state index contributed by atoms with van der Waals surface area (Å²) in [6.07, 6.45) is 13.6. The van der Waals surface area contributed by atoms with Gasteiger partial charge in [-0.3, -0.25) is 0 Å². The summed E-state index contributed by atoms with van der Waals surface area (Å²) in [7, 11) is 0.722. The number of hydrogen-bond acceptors (Lipinski definition) is 2. The van der Waals surface area contributed by atoms with Crippen molar-refractivity contribution in [2.24, 2.45) is 0 Å². The van der Waals surface area contributed by atoms with Crippen molar-refractivity contribution in [1.29, 1.82) is 0 Å². The Hall–Kier alpha value is -0.803. The number of hydrogen-bond donors (Lipinski definition) is 0. The van der Waals surface area contributed by atoms with E-state index in [-0.39, 0.29) is 6.29 Å². The van der Waals surface area contributed by atoms with E-state index in [1.54, 1.807) is 5.56 Å². The molecule has 2 nitrogen and oxygen atoms in total. The lowest BCUT2D eigenvalue weighted by molar-refractivity contribution is 0.0282. The van der Waals surface area contributed by atoms with E-state index in [2.05, 4.69) is 18.2 Å². The second-order valence-corrected chi connectivity index (χ2v) is 7.82. The van der Waals surface area contributed by atoms with Crippen LogP contribution in [0.1, 0.15) is 94.1 Å². The Kier molecular flexibility index (Phi) is 6.18. The molecular formula is C20H32O2Si. The lowest BCUT2D eigenvalue weighted by Crippen LogP contribution is -2.19. The molecule has 2 aliphatic rings. The average Bonchev–Trinajstić information content (AvgIpc) is 2.63. The second-order valence-electron chi connectivity index (χ2n) is 7.35. The van der Waals surface area contributed by atoms with Crippen molar-refractivity contribution in [3.63, 3.8) is 0 Å². The van der Waals surface area contributed by atoms with Crippen LogP contribution in [0.2, 0.25) is 0 Å². The highest BCUT2D eigenvalue weighted by atomic mass is 28.2. The highest BCUT2D eigenvalue weighted by Crippen LogP contribution is 2.45. The van der Waals surface area contributed by atoms with Crippen LogP contribution in [-0.2, 0) is 4.43 Å². The highest BCUT2D eigenvalue weighted by Gasteiger charge is 2.27. The van der Waals surface area contributed by atoms with Crippen LogP contribution in [0, 0.1) is 0 Å². The molecule has 0 spiro atoms. The van der Waals surface area contributed by atoms with Gasteiger partial charge in [-0.15, -0.1) is 0 Å². The number of ether oxygens (including phenoxy) is 1. The first-order valence-electron chi connectivity index (χ1n) is 9.62. The van der Waals surface area contributed by atoms with Crippen LogP contribution in [0.15, 0.2) is 18.2 Å². The van der Waals surface area contributed by atoms with E-state index in [1.165, 1.54) is 69.8 Å². The third kappa shape index (κ3) is 4.19. The molecule has 0 bridgehead atoms. The predicted octanol–water partition coefficient (Wildman–Crippen LogP) is 4.80. The van der Waals surface area contributed by atoms with Crippen molar-refractivity contribution >= 4 is 10.5 Å². The van der Waals surface area contributed by atoms with Gasteiger partial charge >= 0.3 is 0 Å². The molecule has 1 unspecified atom stereocenters. The van der Waals surface area contributed by atoms with Crippen LogP contribution in [0.3, 0.4) is 0 Å². The largest absolute Gasteiger partial charge is 0.466 e. The quantitative estimate of drug-likeness (QED) is 0.569. The van der Waals surface area contributed by atoms with Crippen molar-refractivity contribution in [3.8, 4) is 5.75 Å². The molecule has 0 aliphatic heterocycles. The number of benzene rings is 1. The van der Waals surface area contributed by atoms with Gasteiger partial charge in [-0.2, -0.15) is 0 Å². The van der Waals surface area contributed by atoms with Crippen molar-refractivity contribution in [3.05, 3.63) is 29.3 Å². The summed E-state index contributed by atoms with van der Waals surface area (Å²) in [5.74, 6) is 2.54. The molecule has 1 atom stereocenters. The summed E-state index contributed by atoms with van der Waals surface area (Å²) in [6.45, 7) is 2.02. The lowest BCUT2D eigenvalue weighted by atomic mass is 9.75. The lowest BCUT2D eigenvalue weighted by Gasteiger charge is -2.31.